The Morgan fingerprint density at radius 1 is 1.36 bits per heavy atom. The maximum atomic E-state index is 11.9. The number of anilines is 1. The van der Waals surface area contributed by atoms with Gasteiger partial charge in [0, 0.05) is 13.1 Å². The number of ether oxygens (including phenoxy) is 1. The third-order valence-corrected chi connectivity index (χ3v) is 3.74. The molecular weight excluding hydrogens is 308 g/mol. The highest BCUT2D eigenvalue weighted by atomic mass is 32.1. The Hall–Kier alpha value is -2.74. The number of thiophene rings is 1. The van der Waals surface area contributed by atoms with Crippen LogP contribution >= 0.6 is 11.3 Å². The number of ketones is 1. The first-order valence-corrected chi connectivity index (χ1v) is 7.11. The fourth-order valence-electron chi connectivity index (χ4n) is 1.74. The molecule has 0 bridgehead atoms. The first-order valence-electron chi connectivity index (χ1n) is 6.23. The molecule has 0 amide bonds. The van der Waals surface area contributed by atoms with Crippen molar-refractivity contribution in [2.45, 2.75) is 0 Å². The number of esters is 1. The number of benzene rings is 1. The maximum absolute atomic E-state index is 11.9. The molecule has 1 aromatic heterocycles. The van der Waals surface area contributed by atoms with Crippen molar-refractivity contribution in [2.24, 2.45) is 0 Å². The van der Waals surface area contributed by atoms with Crippen molar-refractivity contribution in [3.63, 3.8) is 0 Å². The first kappa shape index (κ1) is 15.6. The minimum absolute atomic E-state index is 0.0182. The number of rotatable bonds is 6. The van der Waals surface area contributed by atoms with Crippen LogP contribution in [-0.4, -0.2) is 30.3 Å². The van der Waals surface area contributed by atoms with Gasteiger partial charge >= 0.3 is 5.97 Å². The summed E-state index contributed by atoms with van der Waals surface area (Å²) in [5.41, 5.74) is 0.0717. The van der Waals surface area contributed by atoms with Crippen molar-refractivity contribution < 1.29 is 19.2 Å². The summed E-state index contributed by atoms with van der Waals surface area (Å²) in [6, 6.07) is 7.28. The molecule has 0 aliphatic heterocycles. The molecule has 0 radical (unpaired) electrons. The van der Waals surface area contributed by atoms with Gasteiger partial charge in [0.1, 0.15) is 5.69 Å². The first-order chi connectivity index (χ1) is 10.5. The zero-order chi connectivity index (χ0) is 16.1. The van der Waals surface area contributed by atoms with Gasteiger partial charge in [0.2, 0.25) is 5.78 Å². The Balaban J connectivity index is 2.08. The lowest BCUT2D eigenvalue weighted by Crippen LogP contribution is -2.13. The van der Waals surface area contributed by atoms with Crippen LogP contribution in [0.2, 0.25) is 0 Å². The summed E-state index contributed by atoms with van der Waals surface area (Å²) in [6.45, 7) is -0.402. The van der Waals surface area contributed by atoms with Gasteiger partial charge in [-0.1, -0.05) is 6.07 Å². The lowest BCUT2D eigenvalue weighted by Gasteiger charge is -2.06. The van der Waals surface area contributed by atoms with Crippen molar-refractivity contribution in [1.82, 2.24) is 0 Å². The van der Waals surface area contributed by atoms with Crippen LogP contribution in [0.15, 0.2) is 35.7 Å². The van der Waals surface area contributed by atoms with Crippen LogP contribution in [-0.2, 0) is 4.74 Å². The second kappa shape index (κ2) is 6.81. The fraction of sp³-hybridized carbons (Fsp3) is 0.143. The van der Waals surface area contributed by atoms with E-state index in [1.807, 2.05) is 0 Å². The number of nitro groups is 1. The van der Waals surface area contributed by atoms with Crippen molar-refractivity contribution >= 4 is 34.5 Å². The SMILES string of the molecule is CNc1ccc(C(=O)OCC(=O)c2cccs2)cc1[N+](=O)[O-]. The topological polar surface area (TPSA) is 98.5 Å². The summed E-state index contributed by atoms with van der Waals surface area (Å²) in [4.78, 5) is 34.4. The molecule has 0 unspecified atom stereocenters. The second-order valence-electron chi connectivity index (χ2n) is 4.22. The molecule has 0 spiro atoms. The second-order valence-corrected chi connectivity index (χ2v) is 5.16. The molecule has 22 heavy (non-hydrogen) atoms. The summed E-state index contributed by atoms with van der Waals surface area (Å²) in [5, 5.41) is 15.3. The summed E-state index contributed by atoms with van der Waals surface area (Å²) in [7, 11) is 1.54. The third-order valence-electron chi connectivity index (χ3n) is 2.83. The molecule has 114 valence electrons. The van der Waals surface area contributed by atoms with Crippen molar-refractivity contribution in [2.75, 3.05) is 19.0 Å². The smallest absolute Gasteiger partial charge is 0.338 e. The van der Waals surface area contributed by atoms with Crippen LogP contribution in [0.3, 0.4) is 0 Å². The van der Waals surface area contributed by atoms with E-state index in [0.717, 1.165) is 6.07 Å². The third kappa shape index (κ3) is 3.47. The van der Waals surface area contributed by atoms with Crippen molar-refractivity contribution in [3.05, 3.63) is 56.3 Å². The van der Waals surface area contributed by atoms with E-state index < -0.39 is 17.5 Å². The van der Waals surface area contributed by atoms with E-state index >= 15 is 0 Å². The van der Waals surface area contributed by atoms with E-state index in [1.165, 1.54) is 23.5 Å². The number of nitrogens with one attached hydrogen (secondary N) is 1. The highest BCUT2D eigenvalue weighted by Crippen LogP contribution is 2.25. The van der Waals surface area contributed by atoms with Crippen LogP contribution in [0.5, 0.6) is 0 Å². The standard InChI is InChI=1S/C14H12N2O5S/c1-15-10-5-4-9(7-11(10)16(19)20)14(18)21-8-12(17)13-3-2-6-22-13/h2-7,15H,8H2,1H3. The molecule has 1 N–H and O–H groups in total. The number of Topliss-reactive ketones (excluding diaryl/α,β-unsaturated/α-hetero) is 1. The number of nitro benzene ring substituents is 1. The van der Waals surface area contributed by atoms with Gasteiger partial charge in [-0.2, -0.15) is 0 Å². The molecule has 0 aliphatic carbocycles. The van der Waals surface area contributed by atoms with Gasteiger partial charge in [-0.25, -0.2) is 4.79 Å². The summed E-state index contributed by atoms with van der Waals surface area (Å²) < 4.78 is 4.90. The normalized spacial score (nSPS) is 10.0. The average molecular weight is 320 g/mol. The summed E-state index contributed by atoms with van der Waals surface area (Å²) in [6.07, 6.45) is 0. The van der Waals surface area contributed by atoms with E-state index in [9.17, 15) is 19.7 Å². The lowest BCUT2D eigenvalue weighted by atomic mass is 10.1. The van der Waals surface area contributed by atoms with Crippen LogP contribution in [0.25, 0.3) is 0 Å². The number of hydrogen-bond acceptors (Lipinski definition) is 7. The van der Waals surface area contributed by atoms with E-state index in [4.69, 9.17) is 4.74 Å². The molecule has 1 heterocycles. The highest BCUT2D eigenvalue weighted by Gasteiger charge is 2.18. The van der Waals surface area contributed by atoms with Gasteiger partial charge in [0.15, 0.2) is 6.61 Å². The van der Waals surface area contributed by atoms with E-state index in [2.05, 4.69) is 5.32 Å². The minimum atomic E-state index is -0.782. The Morgan fingerprint density at radius 3 is 2.73 bits per heavy atom. The van der Waals surface area contributed by atoms with Gasteiger partial charge in [0.25, 0.3) is 5.69 Å². The zero-order valence-corrected chi connectivity index (χ0v) is 12.4. The number of carbonyl (C=O) groups is 2. The Morgan fingerprint density at radius 2 is 2.14 bits per heavy atom. The molecule has 7 nitrogen and oxygen atoms in total. The predicted octanol–water partition coefficient (Wildman–Crippen LogP) is 2.74. The summed E-state index contributed by atoms with van der Waals surface area (Å²) in [5.74, 6) is -1.10. The number of nitrogens with zero attached hydrogens (tertiary/aromatic N) is 1. The van der Waals surface area contributed by atoms with E-state index in [0.29, 0.717) is 4.88 Å². The maximum Gasteiger partial charge on any atom is 0.338 e. The molecule has 0 saturated heterocycles. The Labute approximate surface area is 129 Å². The predicted molar refractivity (Wildman–Crippen MR) is 81.6 cm³/mol. The molecular formula is C14H12N2O5S. The van der Waals surface area contributed by atoms with Crippen LogP contribution < -0.4 is 5.32 Å². The molecule has 2 rings (SSSR count). The van der Waals surface area contributed by atoms with Gasteiger partial charge in [-0.05, 0) is 23.6 Å². The van der Waals surface area contributed by atoms with Crippen molar-refractivity contribution in [1.29, 1.82) is 0 Å². The molecule has 2 aromatic rings. The quantitative estimate of drug-likeness (QED) is 0.380. The van der Waals surface area contributed by atoms with Crippen LogP contribution in [0.4, 0.5) is 11.4 Å². The highest BCUT2D eigenvalue weighted by molar-refractivity contribution is 7.12. The van der Waals surface area contributed by atoms with Gasteiger partial charge < -0.3 is 10.1 Å². The Bertz CT molecular complexity index is 712. The molecule has 0 aliphatic rings. The Kier molecular flexibility index (Phi) is 4.84. The number of carbonyl (C=O) groups excluding carboxylic acids is 2. The van der Waals surface area contributed by atoms with E-state index in [-0.39, 0.29) is 22.7 Å². The zero-order valence-electron chi connectivity index (χ0n) is 11.6. The monoisotopic (exact) mass is 320 g/mol. The molecule has 0 saturated carbocycles. The molecule has 8 heteroatoms. The molecule has 0 fully saturated rings. The largest absolute Gasteiger partial charge is 0.454 e. The van der Waals surface area contributed by atoms with Gasteiger partial charge in [-0.3, -0.25) is 14.9 Å². The fourth-order valence-corrected chi connectivity index (χ4v) is 2.40. The van der Waals surface area contributed by atoms with Crippen LogP contribution in [0.1, 0.15) is 20.0 Å². The van der Waals surface area contributed by atoms with Gasteiger partial charge in [0.05, 0.1) is 15.4 Å². The lowest BCUT2D eigenvalue weighted by molar-refractivity contribution is -0.384. The van der Waals surface area contributed by atoms with E-state index in [1.54, 1.807) is 24.6 Å². The minimum Gasteiger partial charge on any atom is -0.454 e. The van der Waals surface area contributed by atoms with Gasteiger partial charge in [-0.15, -0.1) is 11.3 Å². The summed E-state index contributed by atoms with van der Waals surface area (Å²) >= 11 is 1.25. The van der Waals surface area contributed by atoms with Crippen LogP contribution in [0, 0.1) is 10.1 Å². The number of hydrogen-bond donors (Lipinski definition) is 1. The average Bonchev–Trinajstić information content (AvgIpc) is 3.06. The molecule has 0 atom stereocenters. The molecule has 1 aromatic carbocycles. The van der Waals surface area contributed by atoms with Crippen molar-refractivity contribution in [3.8, 4) is 0 Å².